The first-order valence-electron chi connectivity index (χ1n) is 11.9. The molecule has 10 nitrogen and oxygen atoms in total. The quantitative estimate of drug-likeness (QED) is 0.306. The minimum absolute atomic E-state index is 0.116. The zero-order valence-electron chi connectivity index (χ0n) is 20.8. The Balaban J connectivity index is 1.94. The van der Waals surface area contributed by atoms with Crippen molar-refractivity contribution in [1.29, 1.82) is 0 Å². The van der Waals surface area contributed by atoms with Gasteiger partial charge in [0, 0.05) is 24.6 Å². The van der Waals surface area contributed by atoms with Crippen molar-refractivity contribution in [3.63, 3.8) is 0 Å². The highest BCUT2D eigenvalue weighted by atomic mass is 16.6. The zero-order valence-corrected chi connectivity index (χ0v) is 20.8. The Hall–Kier alpha value is -3.66. The number of esters is 2. The van der Waals surface area contributed by atoms with Crippen LogP contribution < -0.4 is 9.47 Å². The van der Waals surface area contributed by atoms with Crippen molar-refractivity contribution >= 4 is 17.6 Å². The number of benzene rings is 2. The summed E-state index contributed by atoms with van der Waals surface area (Å²) < 4.78 is 22.0. The van der Waals surface area contributed by atoms with Gasteiger partial charge < -0.3 is 18.9 Å². The Labute approximate surface area is 209 Å². The highest BCUT2D eigenvalue weighted by Crippen LogP contribution is 2.54. The molecule has 4 rings (SSSR count). The Morgan fingerprint density at radius 2 is 1.69 bits per heavy atom. The average Bonchev–Trinajstić information content (AvgIpc) is 3.24. The molecule has 0 aromatic heterocycles. The smallest absolute Gasteiger partial charge is 0.324 e. The highest BCUT2D eigenvalue weighted by Gasteiger charge is 2.58. The fourth-order valence-corrected chi connectivity index (χ4v) is 5.57. The van der Waals surface area contributed by atoms with Gasteiger partial charge in [-0.15, -0.1) is 0 Å². The number of nitrogens with zero attached hydrogens (tertiary/aromatic N) is 2. The van der Waals surface area contributed by atoms with Crippen LogP contribution in [0.5, 0.6) is 11.5 Å². The molecule has 0 aliphatic carbocycles. The lowest BCUT2D eigenvalue weighted by Gasteiger charge is -2.36. The summed E-state index contributed by atoms with van der Waals surface area (Å²) in [6, 6.07) is 8.48. The first kappa shape index (κ1) is 25.4. The van der Waals surface area contributed by atoms with E-state index < -0.39 is 40.8 Å². The summed E-state index contributed by atoms with van der Waals surface area (Å²) in [7, 11) is 3.10. The third kappa shape index (κ3) is 4.37. The molecule has 1 saturated heterocycles. The molecule has 0 bridgehead atoms. The molecule has 36 heavy (non-hydrogen) atoms. The van der Waals surface area contributed by atoms with E-state index >= 15 is 0 Å². The van der Waals surface area contributed by atoms with Crippen LogP contribution in [0.3, 0.4) is 0 Å². The van der Waals surface area contributed by atoms with E-state index in [1.807, 2.05) is 17.0 Å². The van der Waals surface area contributed by atoms with Crippen molar-refractivity contribution in [2.24, 2.45) is 5.92 Å². The van der Waals surface area contributed by atoms with Crippen LogP contribution in [-0.2, 0) is 25.5 Å². The van der Waals surface area contributed by atoms with E-state index in [-0.39, 0.29) is 18.9 Å². The zero-order chi connectivity index (χ0) is 26.0. The summed E-state index contributed by atoms with van der Waals surface area (Å²) in [4.78, 5) is 39.9. The first-order valence-corrected chi connectivity index (χ1v) is 11.9. The molecule has 2 aromatic carbocycles. The number of fused-ring (bicyclic) bond motifs is 3. The number of carbonyl (C=O) groups excluding carboxylic acids is 2. The van der Waals surface area contributed by atoms with Crippen LogP contribution in [0.2, 0.25) is 0 Å². The Morgan fingerprint density at radius 3 is 2.33 bits per heavy atom. The first-order chi connectivity index (χ1) is 17.4. The molecule has 10 heteroatoms. The third-order valence-corrected chi connectivity index (χ3v) is 6.94. The molecule has 192 valence electrons. The lowest BCUT2D eigenvalue weighted by Crippen LogP contribution is -2.44. The molecule has 0 N–H and O–H groups in total. The summed E-state index contributed by atoms with van der Waals surface area (Å²) in [6.45, 7) is 4.25. The molecule has 0 spiro atoms. The maximum Gasteiger partial charge on any atom is 0.324 e. The van der Waals surface area contributed by atoms with E-state index in [2.05, 4.69) is 0 Å². The summed E-state index contributed by atoms with van der Waals surface area (Å²) in [6.07, 6.45) is 0.610. The number of rotatable bonds is 8. The van der Waals surface area contributed by atoms with Gasteiger partial charge in [0.1, 0.15) is 6.04 Å². The topological polar surface area (TPSA) is 117 Å². The number of nitro groups is 1. The van der Waals surface area contributed by atoms with Crippen molar-refractivity contribution in [2.75, 3.05) is 34.0 Å². The second-order valence-electron chi connectivity index (χ2n) is 8.69. The Kier molecular flexibility index (Phi) is 7.44. The second kappa shape index (κ2) is 10.5. The van der Waals surface area contributed by atoms with Crippen LogP contribution in [0.4, 0.5) is 5.69 Å². The van der Waals surface area contributed by atoms with Crippen LogP contribution in [0.25, 0.3) is 0 Å². The van der Waals surface area contributed by atoms with Gasteiger partial charge in [-0.1, -0.05) is 12.1 Å². The summed E-state index contributed by atoms with van der Waals surface area (Å²) in [5.74, 6) is -1.39. The maximum absolute atomic E-state index is 13.5. The molecule has 0 amide bonds. The molecule has 2 heterocycles. The molecule has 0 radical (unpaired) electrons. The summed E-state index contributed by atoms with van der Waals surface area (Å²) >= 11 is 0. The predicted molar refractivity (Wildman–Crippen MR) is 129 cm³/mol. The van der Waals surface area contributed by atoms with Crippen molar-refractivity contribution in [1.82, 2.24) is 4.90 Å². The molecule has 4 atom stereocenters. The number of non-ortho nitro benzene ring substituents is 1. The lowest BCUT2D eigenvalue weighted by atomic mass is 9.78. The van der Waals surface area contributed by atoms with E-state index in [4.69, 9.17) is 18.9 Å². The minimum Gasteiger partial charge on any atom is -0.493 e. The van der Waals surface area contributed by atoms with Crippen LogP contribution in [-0.4, -0.2) is 61.8 Å². The van der Waals surface area contributed by atoms with E-state index in [0.717, 1.165) is 11.1 Å². The number of hydrogen-bond acceptors (Lipinski definition) is 9. The van der Waals surface area contributed by atoms with Gasteiger partial charge in [-0.25, -0.2) is 0 Å². The van der Waals surface area contributed by atoms with Crippen molar-refractivity contribution in [3.05, 3.63) is 63.2 Å². The second-order valence-corrected chi connectivity index (χ2v) is 8.69. The van der Waals surface area contributed by atoms with Crippen molar-refractivity contribution in [3.8, 4) is 11.5 Å². The molecule has 2 aliphatic heterocycles. The van der Waals surface area contributed by atoms with Crippen molar-refractivity contribution < 1.29 is 33.5 Å². The Bertz CT molecular complexity index is 1170. The fourth-order valence-electron chi connectivity index (χ4n) is 5.57. The van der Waals surface area contributed by atoms with E-state index in [0.29, 0.717) is 30.0 Å². The summed E-state index contributed by atoms with van der Waals surface area (Å²) in [5, 5.41) is 11.5. The van der Waals surface area contributed by atoms with Gasteiger partial charge in [-0.3, -0.25) is 24.6 Å². The number of carbonyl (C=O) groups is 2. The normalized spacial score (nSPS) is 22.8. The molecule has 0 unspecified atom stereocenters. The van der Waals surface area contributed by atoms with Gasteiger partial charge in [0.15, 0.2) is 11.5 Å². The standard InChI is InChI=1S/C26H30N2O8/c1-5-35-25(29)22-21(16-8-7-9-17(12-16)28(31)32)24(26(30)36-6-2)27-11-10-15-13-19(33-3)20(34-4)14-18(15)23(22)27/h7-9,12-14,21-24H,5-6,10-11H2,1-4H3/t21-,22-,23+,24+/m1/s1. The largest absolute Gasteiger partial charge is 0.493 e. The molecular weight excluding hydrogens is 468 g/mol. The number of hydrogen-bond donors (Lipinski definition) is 0. The van der Waals surface area contributed by atoms with Crippen LogP contribution >= 0.6 is 0 Å². The SMILES string of the molecule is CCOC(=O)[C@@H]1[C@@H](c2cccc([N+](=O)[O-])c2)[C@@H](C(=O)OCC)N2CCc3cc(OC)c(OC)cc3[C@@H]12. The molecule has 2 aliphatic rings. The van der Waals surface area contributed by atoms with Crippen LogP contribution in [0, 0.1) is 16.0 Å². The van der Waals surface area contributed by atoms with Gasteiger partial charge in [0.25, 0.3) is 5.69 Å². The van der Waals surface area contributed by atoms with Crippen LogP contribution in [0.1, 0.15) is 42.5 Å². The third-order valence-electron chi connectivity index (χ3n) is 6.94. The predicted octanol–water partition coefficient (Wildman–Crippen LogP) is 3.42. The van der Waals surface area contributed by atoms with Crippen molar-refractivity contribution in [2.45, 2.75) is 38.3 Å². The van der Waals surface area contributed by atoms with E-state index in [1.54, 1.807) is 33.1 Å². The van der Waals surface area contributed by atoms with Gasteiger partial charge >= 0.3 is 11.9 Å². The Morgan fingerprint density at radius 1 is 1.03 bits per heavy atom. The fraction of sp³-hybridized carbons (Fsp3) is 0.462. The van der Waals surface area contributed by atoms with Gasteiger partial charge in [-0.2, -0.15) is 0 Å². The van der Waals surface area contributed by atoms with Gasteiger partial charge in [0.2, 0.25) is 0 Å². The summed E-state index contributed by atoms with van der Waals surface area (Å²) in [5.41, 5.74) is 2.20. The highest BCUT2D eigenvalue weighted by molar-refractivity contribution is 5.84. The molecular formula is C26H30N2O8. The lowest BCUT2D eigenvalue weighted by molar-refractivity contribution is -0.384. The number of nitro benzene ring substituents is 1. The van der Waals surface area contributed by atoms with E-state index in [9.17, 15) is 19.7 Å². The molecule has 0 saturated carbocycles. The number of ether oxygens (including phenoxy) is 4. The minimum atomic E-state index is -0.826. The van der Waals surface area contributed by atoms with Gasteiger partial charge in [-0.05, 0) is 49.1 Å². The van der Waals surface area contributed by atoms with Crippen LogP contribution in [0.15, 0.2) is 36.4 Å². The van der Waals surface area contributed by atoms with E-state index in [1.165, 1.54) is 19.2 Å². The maximum atomic E-state index is 13.5. The molecule has 2 aromatic rings. The number of methoxy groups -OCH3 is 2. The monoisotopic (exact) mass is 498 g/mol. The molecule has 1 fully saturated rings. The average molecular weight is 499 g/mol. The van der Waals surface area contributed by atoms with Gasteiger partial charge in [0.05, 0.1) is 44.3 Å².